The highest BCUT2D eigenvalue weighted by Crippen LogP contribution is 2.36. The van der Waals surface area contributed by atoms with Crippen LogP contribution in [0.3, 0.4) is 0 Å². The van der Waals surface area contributed by atoms with Crippen molar-refractivity contribution >= 4 is 17.4 Å². The molecule has 28 heavy (non-hydrogen) atoms. The third-order valence-corrected chi connectivity index (χ3v) is 5.30. The summed E-state index contributed by atoms with van der Waals surface area (Å²) in [5, 5.41) is 6.54. The predicted octanol–water partition coefficient (Wildman–Crippen LogP) is 5.12. The minimum absolute atomic E-state index is 0.133. The SMILES string of the molecule is C=C/C(=C\C=C/C)COc1cc2c(cc1OC)C(/C=C/c1nccs1)NCC2. The Kier molecular flexibility index (Phi) is 7.23. The van der Waals surface area contributed by atoms with E-state index in [1.807, 2.05) is 42.8 Å². The molecule has 0 spiro atoms. The van der Waals surface area contributed by atoms with Crippen molar-refractivity contribution in [1.82, 2.24) is 10.3 Å². The van der Waals surface area contributed by atoms with Crippen molar-refractivity contribution in [3.05, 3.63) is 82.4 Å². The number of methoxy groups -OCH3 is 1. The lowest BCUT2D eigenvalue weighted by Crippen LogP contribution is -2.28. The molecule has 0 radical (unpaired) electrons. The number of nitrogens with one attached hydrogen (secondary N) is 1. The van der Waals surface area contributed by atoms with E-state index in [1.54, 1.807) is 18.4 Å². The van der Waals surface area contributed by atoms with Crippen molar-refractivity contribution in [2.45, 2.75) is 19.4 Å². The number of nitrogens with zero attached hydrogens (tertiary/aromatic N) is 1. The molecular weight excluding hydrogens is 368 g/mol. The van der Waals surface area contributed by atoms with Crippen LogP contribution in [0.2, 0.25) is 0 Å². The molecule has 4 nitrogen and oxygen atoms in total. The molecule has 1 aliphatic heterocycles. The van der Waals surface area contributed by atoms with Gasteiger partial charge in [-0.1, -0.05) is 37.0 Å². The summed E-state index contributed by atoms with van der Waals surface area (Å²) >= 11 is 1.63. The molecule has 1 aliphatic rings. The van der Waals surface area contributed by atoms with Gasteiger partial charge in [-0.05, 0) is 48.3 Å². The minimum atomic E-state index is 0.133. The summed E-state index contributed by atoms with van der Waals surface area (Å²) in [5.41, 5.74) is 3.52. The van der Waals surface area contributed by atoms with Crippen LogP contribution >= 0.6 is 11.3 Å². The van der Waals surface area contributed by atoms with E-state index in [0.717, 1.165) is 35.0 Å². The number of rotatable bonds is 8. The second kappa shape index (κ2) is 10.1. The zero-order valence-electron chi connectivity index (χ0n) is 16.4. The molecule has 3 rings (SSSR count). The van der Waals surface area contributed by atoms with Crippen molar-refractivity contribution < 1.29 is 9.47 Å². The third-order valence-electron chi connectivity index (χ3n) is 4.56. The molecule has 146 valence electrons. The van der Waals surface area contributed by atoms with E-state index in [0.29, 0.717) is 6.61 Å². The summed E-state index contributed by atoms with van der Waals surface area (Å²) in [6.45, 7) is 7.22. The van der Waals surface area contributed by atoms with Gasteiger partial charge in [0, 0.05) is 18.1 Å². The number of hydrogen-bond donors (Lipinski definition) is 1. The van der Waals surface area contributed by atoms with Gasteiger partial charge in [-0.15, -0.1) is 11.3 Å². The fourth-order valence-electron chi connectivity index (χ4n) is 3.09. The number of thiazole rings is 1. The van der Waals surface area contributed by atoms with Crippen molar-refractivity contribution in [2.24, 2.45) is 0 Å². The summed E-state index contributed by atoms with van der Waals surface area (Å²) in [7, 11) is 1.68. The van der Waals surface area contributed by atoms with E-state index in [-0.39, 0.29) is 6.04 Å². The number of benzene rings is 1. The second-order valence-corrected chi connectivity index (χ2v) is 7.30. The summed E-state index contributed by atoms with van der Waals surface area (Å²) in [4.78, 5) is 4.32. The zero-order valence-corrected chi connectivity index (χ0v) is 17.2. The first-order valence-corrected chi connectivity index (χ1v) is 10.2. The highest BCUT2D eigenvalue weighted by Gasteiger charge is 2.21. The van der Waals surface area contributed by atoms with Crippen LogP contribution in [0.15, 0.2) is 66.2 Å². The van der Waals surface area contributed by atoms with Crippen LogP contribution in [-0.4, -0.2) is 25.2 Å². The number of ether oxygens (including phenoxy) is 2. The topological polar surface area (TPSA) is 43.4 Å². The molecule has 1 aromatic heterocycles. The molecule has 1 atom stereocenters. The van der Waals surface area contributed by atoms with Crippen LogP contribution < -0.4 is 14.8 Å². The Morgan fingerprint density at radius 2 is 2.29 bits per heavy atom. The molecule has 1 unspecified atom stereocenters. The highest BCUT2D eigenvalue weighted by atomic mass is 32.1. The quantitative estimate of drug-likeness (QED) is 0.631. The molecule has 1 aromatic carbocycles. The maximum Gasteiger partial charge on any atom is 0.161 e. The third kappa shape index (κ3) is 5.00. The van der Waals surface area contributed by atoms with Gasteiger partial charge in [0.15, 0.2) is 11.5 Å². The fraction of sp³-hybridized carbons (Fsp3) is 0.261. The largest absolute Gasteiger partial charge is 0.493 e. The predicted molar refractivity (Wildman–Crippen MR) is 117 cm³/mol. The van der Waals surface area contributed by atoms with E-state index < -0.39 is 0 Å². The van der Waals surface area contributed by atoms with Gasteiger partial charge in [0.25, 0.3) is 0 Å². The van der Waals surface area contributed by atoms with Crippen LogP contribution in [0.1, 0.15) is 29.1 Å². The molecule has 0 saturated heterocycles. The summed E-state index contributed by atoms with van der Waals surface area (Å²) < 4.78 is 11.7. The lowest BCUT2D eigenvalue weighted by Gasteiger charge is -2.26. The molecule has 0 saturated carbocycles. The Bertz CT molecular complexity index is 882. The van der Waals surface area contributed by atoms with Crippen molar-refractivity contribution in [1.29, 1.82) is 0 Å². The van der Waals surface area contributed by atoms with Crippen LogP contribution in [-0.2, 0) is 6.42 Å². The molecular formula is C23H26N2O2S. The lowest BCUT2D eigenvalue weighted by molar-refractivity contribution is 0.320. The zero-order chi connectivity index (χ0) is 19.8. The standard InChI is InChI=1S/C23H26N2O2S/c1-4-6-7-17(5-2)16-27-22-14-18-10-11-24-20(19(18)15-21(22)26-3)8-9-23-25-12-13-28-23/h4-9,12-15,20,24H,2,10-11,16H2,1,3H3/b6-4-,9-8+,17-7+. The molecule has 0 fully saturated rings. The molecule has 0 amide bonds. The Labute approximate surface area is 170 Å². The van der Waals surface area contributed by atoms with Gasteiger partial charge >= 0.3 is 0 Å². The van der Waals surface area contributed by atoms with E-state index in [1.165, 1.54) is 11.1 Å². The van der Waals surface area contributed by atoms with Crippen LogP contribution in [0.5, 0.6) is 11.5 Å². The summed E-state index contributed by atoms with van der Waals surface area (Å²) in [6.07, 6.45) is 14.8. The van der Waals surface area contributed by atoms with Gasteiger partial charge in [0.05, 0.1) is 13.2 Å². The molecule has 2 aromatic rings. The van der Waals surface area contributed by atoms with Crippen LogP contribution in [0, 0.1) is 0 Å². The smallest absolute Gasteiger partial charge is 0.161 e. The highest BCUT2D eigenvalue weighted by molar-refractivity contribution is 7.10. The van der Waals surface area contributed by atoms with Crippen molar-refractivity contribution in [3.63, 3.8) is 0 Å². The van der Waals surface area contributed by atoms with Gasteiger partial charge < -0.3 is 14.8 Å². The molecule has 0 bridgehead atoms. The molecule has 0 aliphatic carbocycles. The van der Waals surface area contributed by atoms with Gasteiger partial charge in [0.2, 0.25) is 0 Å². The first kappa shape index (κ1) is 20.1. The maximum absolute atomic E-state index is 6.05. The van der Waals surface area contributed by atoms with Gasteiger partial charge in [-0.2, -0.15) is 0 Å². The average Bonchev–Trinajstić information content (AvgIpc) is 3.25. The number of hydrogen-bond acceptors (Lipinski definition) is 5. The number of aromatic nitrogens is 1. The van der Waals surface area contributed by atoms with E-state index in [2.05, 4.69) is 41.2 Å². The van der Waals surface area contributed by atoms with Crippen LogP contribution in [0.4, 0.5) is 0 Å². The first-order chi connectivity index (χ1) is 13.7. The minimum Gasteiger partial charge on any atom is -0.493 e. The normalized spacial score (nSPS) is 17.1. The lowest BCUT2D eigenvalue weighted by atomic mass is 9.93. The summed E-state index contributed by atoms with van der Waals surface area (Å²) in [6, 6.07) is 4.32. The maximum atomic E-state index is 6.05. The first-order valence-electron chi connectivity index (χ1n) is 9.34. The molecule has 5 heteroatoms. The van der Waals surface area contributed by atoms with Crippen molar-refractivity contribution in [3.8, 4) is 11.5 Å². The number of fused-ring (bicyclic) bond motifs is 1. The molecule has 2 heterocycles. The Morgan fingerprint density at radius 1 is 1.39 bits per heavy atom. The molecule has 1 N–H and O–H groups in total. The Morgan fingerprint density at radius 3 is 3.00 bits per heavy atom. The Hall–Kier alpha value is -2.63. The van der Waals surface area contributed by atoms with Crippen molar-refractivity contribution in [2.75, 3.05) is 20.3 Å². The van der Waals surface area contributed by atoms with E-state index >= 15 is 0 Å². The van der Waals surface area contributed by atoms with Gasteiger partial charge in [-0.25, -0.2) is 4.98 Å². The second-order valence-electron chi connectivity index (χ2n) is 6.37. The van der Waals surface area contributed by atoms with E-state index in [9.17, 15) is 0 Å². The van der Waals surface area contributed by atoms with Crippen LogP contribution in [0.25, 0.3) is 6.08 Å². The summed E-state index contributed by atoms with van der Waals surface area (Å²) in [5.74, 6) is 1.50. The fourth-order valence-corrected chi connectivity index (χ4v) is 3.63. The monoisotopic (exact) mass is 394 g/mol. The van der Waals surface area contributed by atoms with Gasteiger partial charge in [-0.3, -0.25) is 0 Å². The van der Waals surface area contributed by atoms with Gasteiger partial charge in [0.1, 0.15) is 11.6 Å². The van der Waals surface area contributed by atoms with E-state index in [4.69, 9.17) is 9.47 Å². The number of allylic oxidation sites excluding steroid dienone is 3. The Balaban J connectivity index is 1.82. The average molecular weight is 395 g/mol.